The Balaban J connectivity index is 2.12. The van der Waals surface area contributed by atoms with Gasteiger partial charge in [0.05, 0.1) is 0 Å². The molecule has 2 atom stereocenters. The predicted octanol–water partition coefficient (Wildman–Crippen LogP) is 3.98. The van der Waals surface area contributed by atoms with E-state index >= 15 is 0 Å². The van der Waals surface area contributed by atoms with Gasteiger partial charge in [0.25, 0.3) is 0 Å². The molecule has 0 heterocycles. The fourth-order valence-corrected chi connectivity index (χ4v) is 2.59. The van der Waals surface area contributed by atoms with E-state index in [0.29, 0.717) is 0 Å². The van der Waals surface area contributed by atoms with Crippen LogP contribution in [-0.4, -0.2) is 12.6 Å². The first kappa shape index (κ1) is 13.0. The van der Waals surface area contributed by atoms with Gasteiger partial charge in [-0.05, 0) is 44.1 Å². The van der Waals surface area contributed by atoms with Gasteiger partial charge >= 0.3 is 0 Å². The lowest BCUT2D eigenvalue weighted by atomic mass is 9.97. The van der Waals surface area contributed by atoms with Crippen LogP contribution in [0.2, 0.25) is 0 Å². The molecule has 0 saturated heterocycles. The molecule has 1 fully saturated rings. The molecule has 1 N–H and O–H groups in total. The third-order valence-electron chi connectivity index (χ3n) is 3.73. The summed E-state index contributed by atoms with van der Waals surface area (Å²) in [6.45, 7) is 8.28. The molecule has 2 unspecified atom stereocenters. The first-order chi connectivity index (χ1) is 7.20. The number of hydrogen-bond donors (Lipinski definition) is 1. The summed E-state index contributed by atoms with van der Waals surface area (Å²) >= 11 is 0. The first-order valence-electron chi connectivity index (χ1n) is 6.93. The summed E-state index contributed by atoms with van der Waals surface area (Å²) < 4.78 is 0. The fraction of sp³-hybridized carbons (Fsp3) is 1.00. The molecule has 90 valence electrons. The third kappa shape index (κ3) is 5.55. The van der Waals surface area contributed by atoms with E-state index in [-0.39, 0.29) is 0 Å². The third-order valence-corrected chi connectivity index (χ3v) is 3.73. The summed E-state index contributed by atoms with van der Waals surface area (Å²) in [5, 5.41) is 3.77. The quantitative estimate of drug-likeness (QED) is 0.536. The Morgan fingerprint density at radius 3 is 2.60 bits per heavy atom. The minimum absolute atomic E-state index is 0.805. The number of nitrogens with one attached hydrogen (secondary N) is 1. The SMILES string of the molecule is CC(C)CCCNC1CCCCCC1C. The van der Waals surface area contributed by atoms with Gasteiger partial charge in [-0.25, -0.2) is 0 Å². The summed E-state index contributed by atoms with van der Waals surface area (Å²) in [7, 11) is 0. The Hall–Kier alpha value is -0.0400. The van der Waals surface area contributed by atoms with Gasteiger partial charge < -0.3 is 5.32 Å². The van der Waals surface area contributed by atoms with Crippen molar-refractivity contribution in [3.8, 4) is 0 Å². The average Bonchev–Trinajstić information content (AvgIpc) is 2.38. The highest BCUT2D eigenvalue weighted by Crippen LogP contribution is 2.22. The van der Waals surface area contributed by atoms with E-state index in [1.807, 2.05) is 0 Å². The molecular weight excluding hydrogens is 182 g/mol. The predicted molar refractivity (Wildman–Crippen MR) is 68.1 cm³/mol. The van der Waals surface area contributed by atoms with Crippen LogP contribution in [0.25, 0.3) is 0 Å². The molecule has 0 aliphatic heterocycles. The van der Waals surface area contributed by atoms with Crippen LogP contribution in [0.1, 0.15) is 65.7 Å². The lowest BCUT2D eigenvalue weighted by Crippen LogP contribution is -2.35. The second-order valence-corrected chi connectivity index (χ2v) is 5.71. The summed E-state index contributed by atoms with van der Waals surface area (Å²) in [5.74, 6) is 1.75. The normalized spacial score (nSPS) is 28.0. The molecule has 15 heavy (non-hydrogen) atoms. The Morgan fingerprint density at radius 1 is 1.13 bits per heavy atom. The molecule has 1 aliphatic rings. The maximum absolute atomic E-state index is 3.77. The molecule has 1 heteroatoms. The first-order valence-corrected chi connectivity index (χ1v) is 6.93. The van der Waals surface area contributed by atoms with Crippen molar-refractivity contribution < 1.29 is 0 Å². The van der Waals surface area contributed by atoms with Gasteiger partial charge in [0.1, 0.15) is 0 Å². The number of rotatable bonds is 5. The van der Waals surface area contributed by atoms with E-state index in [1.165, 1.54) is 51.5 Å². The molecule has 1 nitrogen and oxygen atoms in total. The highest BCUT2D eigenvalue weighted by atomic mass is 14.9. The van der Waals surface area contributed by atoms with Crippen molar-refractivity contribution >= 4 is 0 Å². The molecule has 0 aromatic carbocycles. The summed E-state index contributed by atoms with van der Waals surface area (Å²) in [6, 6.07) is 0.805. The molecule has 0 aromatic heterocycles. The molecular formula is C14H29N. The van der Waals surface area contributed by atoms with Gasteiger partial charge in [0.15, 0.2) is 0 Å². The van der Waals surface area contributed by atoms with Crippen molar-refractivity contribution in [1.29, 1.82) is 0 Å². The standard InChI is InChI=1S/C14H29N/c1-12(2)8-7-11-15-14-10-6-4-5-9-13(14)3/h12-15H,4-11H2,1-3H3. The van der Waals surface area contributed by atoms with E-state index in [4.69, 9.17) is 0 Å². The second-order valence-electron chi connectivity index (χ2n) is 5.71. The van der Waals surface area contributed by atoms with E-state index < -0.39 is 0 Å². The molecule has 0 radical (unpaired) electrons. The van der Waals surface area contributed by atoms with E-state index in [1.54, 1.807) is 0 Å². The fourth-order valence-electron chi connectivity index (χ4n) is 2.59. The molecule has 1 aliphatic carbocycles. The zero-order chi connectivity index (χ0) is 11.1. The van der Waals surface area contributed by atoms with Crippen molar-refractivity contribution in [2.75, 3.05) is 6.54 Å². The highest BCUT2D eigenvalue weighted by Gasteiger charge is 2.18. The van der Waals surface area contributed by atoms with Crippen LogP contribution in [0.5, 0.6) is 0 Å². The Labute approximate surface area is 96.0 Å². The summed E-state index contributed by atoms with van der Waals surface area (Å²) in [6.07, 6.45) is 9.89. The van der Waals surface area contributed by atoms with Gasteiger partial charge in [-0.15, -0.1) is 0 Å². The number of hydrogen-bond acceptors (Lipinski definition) is 1. The van der Waals surface area contributed by atoms with Gasteiger partial charge in [0.2, 0.25) is 0 Å². The van der Waals surface area contributed by atoms with Crippen molar-refractivity contribution in [3.63, 3.8) is 0 Å². The lowest BCUT2D eigenvalue weighted by molar-refractivity contribution is 0.351. The van der Waals surface area contributed by atoms with Crippen LogP contribution in [0, 0.1) is 11.8 Å². The van der Waals surface area contributed by atoms with Gasteiger partial charge in [-0.3, -0.25) is 0 Å². The maximum Gasteiger partial charge on any atom is 0.00926 e. The zero-order valence-electron chi connectivity index (χ0n) is 10.9. The smallest absolute Gasteiger partial charge is 0.00926 e. The van der Waals surface area contributed by atoms with Crippen molar-refractivity contribution in [1.82, 2.24) is 5.32 Å². The molecule has 1 saturated carbocycles. The topological polar surface area (TPSA) is 12.0 Å². The van der Waals surface area contributed by atoms with Crippen LogP contribution in [0.15, 0.2) is 0 Å². The molecule has 0 bridgehead atoms. The van der Waals surface area contributed by atoms with Gasteiger partial charge in [-0.2, -0.15) is 0 Å². The zero-order valence-corrected chi connectivity index (χ0v) is 10.9. The summed E-state index contributed by atoms with van der Waals surface area (Å²) in [5.41, 5.74) is 0. The minimum atomic E-state index is 0.805. The van der Waals surface area contributed by atoms with Gasteiger partial charge in [-0.1, -0.05) is 40.0 Å². The van der Waals surface area contributed by atoms with Crippen LogP contribution in [0.4, 0.5) is 0 Å². The van der Waals surface area contributed by atoms with Crippen molar-refractivity contribution in [2.24, 2.45) is 11.8 Å². The van der Waals surface area contributed by atoms with Crippen LogP contribution in [-0.2, 0) is 0 Å². The van der Waals surface area contributed by atoms with Gasteiger partial charge in [0, 0.05) is 6.04 Å². The van der Waals surface area contributed by atoms with E-state index in [0.717, 1.165) is 17.9 Å². The molecule has 1 rings (SSSR count). The van der Waals surface area contributed by atoms with Crippen molar-refractivity contribution in [2.45, 2.75) is 71.8 Å². The molecule has 0 spiro atoms. The monoisotopic (exact) mass is 211 g/mol. The van der Waals surface area contributed by atoms with E-state index in [9.17, 15) is 0 Å². The van der Waals surface area contributed by atoms with Crippen LogP contribution >= 0.6 is 0 Å². The Kier molecular flexibility index (Phi) is 6.31. The second kappa shape index (κ2) is 7.27. The Bertz CT molecular complexity index is 153. The summed E-state index contributed by atoms with van der Waals surface area (Å²) in [4.78, 5) is 0. The lowest BCUT2D eigenvalue weighted by Gasteiger charge is -2.23. The van der Waals surface area contributed by atoms with Crippen LogP contribution < -0.4 is 5.32 Å². The average molecular weight is 211 g/mol. The maximum atomic E-state index is 3.77. The largest absolute Gasteiger partial charge is 0.314 e. The van der Waals surface area contributed by atoms with Crippen LogP contribution in [0.3, 0.4) is 0 Å². The minimum Gasteiger partial charge on any atom is -0.314 e. The molecule has 0 aromatic rings. The van der Waals surface area contributed by atoms with E-state index in [2.05, 4.69) is 26.1 Å². The molecule has 0 amide bonds. The Morgan fingerprint density at radius 2 is 1.87 bits per heavy atom. The highest BCUT2D eigenvalue weighted by molar-refractivity contribution is 4.76. The van der Waals surface area contributed by atoms with Crippen molar-refractivity contribution in [3.05, 3.63) is 0 Å².